The summed E-state index contributed by atoms with van der Waals surface area (Å²) in [6.45, 7) is 0.345. The van der Waals surface area contributed by atoms with Crippen molar-refractivity contribution in [2.24, 2.45) is 5.16 Å². The third-order valence-corrected chi connectivity index (χ3v) is 5.29. The van der Waals surface area contributed by atoms with Gasteiger partial charge in [-0.05, 0) is 42.0 Å². The monoisotopic (exact) mass is 440 g/mol. The molecule has 4 nitrogen and oxygen atoms in total. The zero-order chi connectivity index (χ0) is 21.8. The second-order valence-electron chi connectivity index (χ2n) is 7.28. The van der Waals surface area contributed by atoms with E-state index < -0.39 is 17.7 Å². The number of nitrogens with zero attached hydrogens (tertiary/aromatic N) is 2. The molecule has 3 aromatic rings. The molecule has 1 aliphatic rings. The van der Waals surface area contributed by atoms with Gasteiger partial charge in [-0.25, -0.2) is 8.78 Å². The number of carbonyl (C=O) groups excluding carboxylic acids is 1. The van der Waals surface area contributed by atoms with Gasteiger partial charge in [0, 0.05) is 29.1 Å². The van der Waals surface area contributed by atoms with Crippen LogP contribution >= 0.6 is 11.6 Å². The van der Waals surface area contributed by atoms with E-state index in [2.05, 4.69) is 5.16 Å². The fraction of sp³-hybridized carbons (Fsp3) is 0.167. The van der Waals surface area contributed by atoms with Gasteiger partial charge in [-0.15, -0.1) is 0 Å². The standard InChI is InChI=1S/C24H19ClF2N2O2/c25-22-10-2-1-9-21(22)23-13-20(31-28-23)15-29(14-16-5-3-7-18(26)11-16)24(30)17-6-4-8-19(27)12-17/h1-12,20H,13-15H2. The van der Waals surface area contributed by atoms with Crippen molar-refractivity contribution in [3.05, 3.63) is 106 Å². The number of halogens is 3. The first-order chi connectivity index (χ1) is 15.0. The summed E-state index contributed by atoms with van der Waals surface area (Å²) < 4.78 is 27.3. The van der Waals surface area contributed by atoms with Gasteiger partial charge in [0.2, 0.25) is 0 Å². The van der Waals surface area contributed by atoms with Crippen molar-refractivity contribution in [2.75, 3.05) is 6.54 Å². The van der Waals surface area contributed by atoms with E-state index in [0.717, 1.165) is 5.56 Å². The summed E-state index contributed by atoms with van der Waals surface area (Å²) >= 11 is 6.25. The van der Waals surface area contributed by atoms with E-state index in [1.807, 2.05) is 18.2 Å². The maximum absolute atomic E-state index is 13.7. The lowest BCUT2D eigenvalue weighted by atomic mass is 10.0. The van der Waals surface area contributed by atoms with Crippen LogP contribution in [-0.2, 0) is 11.4 Å². The van der Waals surface area contributed by atoms with E-state index >= 15 is 0 Å². The zero-order valence-electron chi connectivity index (χ0n) is 16.5. The lowest BCUT2D eigenvalue weighted by Crippen LogP contribution is -2.37. The van der Waals surface area contributed by atoms with E-state index in [1.54, 1.807) is 24.3 Å². The topological polar surface area (TPSA) is 41.9 Å². The molecule has 0 spiro atoms. The smallest absolute Gasteiger partial charge is 0.254 e. The summed E-state index contributed by atoms with van der Waals surface area (Å²) in [7, 11) is 0. The van der Waals surface area contributed by atoms with Gasteiger partial charge in [-0.1, -0.05) is 53.2 Å². The van der Waals surface area contributed by atoms with Gasteiger partial charge in [0.25, 0.3) is 5.91 Å². The minimum atomic E-state index is -0.502. The third-order valence-electron chi connectivity index (χ3n) is 4.96. The molecule has 0 saturated carbocycles. The minimum Gasteiger partial charge on any atom is -0.390 e. The van der Waals surface area contributed by atoms with Crippen LogP contribution in [0.4, 0.5) is 8.78 Å². The van der Waals surface area contributed by atoms with E-state index in [4.69, 9.17) is 16.4 Å². The Morgan fingerprint density at radius 3 is 2.52 bits per heavy atom. The van der Waals surface area contributed by atoms with Crippen molar-refractivity contribution < 1.29 is 18.4 Å². The number of carbonyl (C=O) groups is 1. The van der Waals surface area contributed by atoms with Gasteiger partial charge in [0.1, 0.15) is 11.6 Å². The SMILES string of the molecule is O=C(c1cccc(F)c1)N(Cc1cccc(F)c1)CC1CC(c2ccccc2Cl)=NO1. The first-order valence-electron chi connectivity index (χ1n) is 9.76. The molecule has 1 aliphatic heterocycles. The van der Waals surface area contributed by atoms with E-state index in [0.29, 0.717) is 22.7 Å². The van der Waals surface area contributed by atoms with Crippen LogP contribution in [0.1, 0.15) is 27.9 Å². The molecule has 0 saturated heterocycles. The van der Waals surface area contributed by atoms with Crippen molar-refractivity contribution in [1.82, 2.24) is 4.90 Å². The number of oxime groups is 1. The van der Waals surface area contributed by atoms with Crippen LogP contribution in [0.15, 0.2) is 78.0 Å². The van der Waals surface area contributed by atoms with Crippen molar-refractivity contribution >= 4 is 23.2 Å². The van der Waals surface area contributed by atoms with Crippen molar-refractivity contribution in [3.63, 3.8) is 0 Å². The van der Waals surface area contributed by atoms with Gasteiger partial charge in [-0.3, -0.25) is 4.79 Å². The van der Waals surface area contributed by atoms with Gasteiger partial charge in [0.15, 0.2) is 6.10 Å². The van der Waals surface area contributed by atoms with Gasteiger partial charge < -0.3 is 9.74 Å². The Labute approximate surface area is 183 Å². The Morgan fingerprint density at radius 2 is 1.77 bits per heavy atom. The van der Waals surface area contributed by atoms with Crippen molar-refractivity contribution in [2.45, 2.75) is 19.1 Å². The Balaban J connectivity index is 1.53. The van der Waals surface area contributed by atoms with Gasteiger partial charge in [0.05, 0.1) is 12.3 Å². The molecule has 1 atom stereocenters. The van der Waals surface area contributed by atoms with E-state index in [9.17, 15) is 13.6 Å². The lowest BCUT2D eigenvalue weighted by molar-refractivity contribution is 0.0404. The highest BCUT2D eigenvalue weighted by molar-refractivity contribution is 6.34. The average Bonchev–Trinajstić information content (AvgIpc) is 3.21. The molecule has 158 valence electrons. The number of amides is 1. The average molecular weight is 441 g/mol. The van der Waals surface area contributed by atoms with Crippen LogP contribution in [-0.4, -0.2) is 29.2 Å². The van der Waals surface area contributed by atoms with Gasteiger partial charge >= 0.3 is 0 Å². The quantitative estimate of drug-likeness (QED) is 0.511. The van der Waals surface area contributed by atoms with Crippen molar-refractivity contribution in [3.8, 4) is 0 Å². The molecule has 0 radical (unpaired) electrons. The molecule has 1 unspecified atom stereocenters. The highest BCUT2D eigenvalue weighted by atomic mass is 35.5. The molecule has 3 aromatic carbocycles. The summed E-state index contributed by atoms with van der Waals surface area (Å²) in [6.07, 6.45) is 0.0529. The molecule has 1 heterocycles. The second-order valence-corrected chi connectivity index (χ2v) is 7.68. The highest BCUT2D eigenvalue weighted by Crippen LogP contribution is 2.24. The van der Waals surface area contributed by atoms with Crippen LogP contribution < -0.4 is 0 Å². The fourth-order valence-corrected chi connectivity index (χ4v) is 3.75. The summed E-state index contributed by atoms with van der Waals surface area (Å²) in [6, 6.07) is 18.8. The van der Waals surface area contributed by atoms with Crippen LogP contribution in [0.5, 0.6) is 0 Å². The predicted octanol–water partition coefficient (Wildman–Crippen LogP) is 5.45. The maximum atomic E-state index is 13.7. The number of hydrogen-bond acceptors (Lipinski definition) is 3. The van der Waals surface area contributed by atoms with Crippen molar-refractivity contribution in [1.29, 1.82) is 0 Å². The fourth-order valence-electron chi connectivity index (χ4n) is 3.51. The first kappa shape index (κ1) is 21.0. The molecule has 1 amide bonds. The number of rotatable bonds is 6. The predicted molar refractivity (Wildman–Crippen MR) is 115 cm³/mol. The van der Waals surface area contributed by atoms with Crippen LogP contribution in [0.2, 0.25) is 5.02 Å². The Morgan fingerprint density at radius 1 is 1.03 bits per heavy atom. The van der Waals surface area contributed by atoms with Crippen LogP contribution in [0, 0.1) is 11.6 Å². The molecule has 0 aliphatic carbocycles. The molecule has 0 N–H and O–H groups in total. The first-order valence-corrected chi connectivity index (χ1v) is 10.1. The molecular formula is C24H19ClF2N2O2. The lowest BCUT2D eigenvalue weighted by Gasteiger charge is -2.25. The molecule has 0 aromatic heterocycles. The minimum absolute atomic E-state index is 0.147. The largest absolute Gasteiger partial charge is 0.390 e. The van der Waals surface area contributed by atoms with E-state index in [1.165, 1.54) is 35.2 Å². The zero-order valence-corrected chi connectivity index (χ0v) is 17.2. The third kappa shape index (κ3) is 5.09. The summed E-state index contributed by atoms with van der Waals surface area (Å²) in [5.74, 6) is -1.27. The molecular weight excluding hydrogens is 422 g/mol. The van der Waals surface area contributed by atoms with Crippen LogP contribution in [0.25, 0.3) is 0 Å². The highest BCUT2D eigenvalue weighted by Gasteiger charge is 2.28. The summed E-state index contributed by atoms with van der Waals surface area (Å²) in [5.41, 5.74) is 2.30. The molecule has 0 bridgehead atoms. The van der Waals surface area contributed by atoms with Gasteiger partial charge in [-0.2, -0.15) is 0 Å². The maximum Gasteiger partial charge on any atom is 0.254 e. The Hall–Kier alpha value is -3.25. The van der Waals surface area contributed by atoms with Crippen LogP contribution in [0.3, 0.4) is 0 Å². The summed E-state index contributed by atoms with van der Waals surface area (Å²) in [4.78, 5) is 20.2. The second kappa shape index (κ2) is 9.27. The summed E-state index contributed by atoms with van der Waals surface area (Å²) in [5, 5.41) is 4.71. The number of hydrogen-bond donors (Lipinski definition) is 0. The normalized spacial score (nSPS) is 15.3. The van der Waals surface area contributed by atoms with E-state index in [-0.39, 0.29) is 24.6 Å². The Bertz CT molecular complexity index is 1140. The number of benzene rings is 3. The molecule has 0 fully saturated rings. The molecule has 4 rings (SSSR count). The Kier molecular flexibility index (Phi) is 6.28. The molecule has 31 heavy (non-hydrogen) atoms. The molecule has 7 heteroatoms.